The van der Waals surface area contributed by atoms with Gasteiger partial charge in [-0.15, -0.1) is 10.2 Å². The second-order valence-electron chi connectivity index (χ2n) is 6.92. The lowest BCUT2D eigenvalue weighted by Crippen LogP contribution is -2.31. The van der Waals surface area contributed by atoms with Crippen molar-refractivity contribution in [2.75, 3.05) is 6.54 Å². The standard InChI is InChI=1S/C22H21ClN4O4/c1-2-11-27(14-20-25-26-22(31-20)17-4-3-12-29-17)21(28)10-9-19-24-13-18(30-19)15-5-7-16(23)8-6-15/h3-8,12-13H,2,9-11,14H2,1H3. The number of aromatic nitrogens is 3. The summed E-state index contributed by atoms with van der Waals surface area (Å²) in [5.74, 6) is 2.25. The van der Waals surface area contributed by atoms with E-state index in [2.05, 4.69) is 15.2 Å². The van der Waals surface area contributed by atoms with Crippen LogP contribution in [0.25, 0.3) is 23.0 Å². The van der Waals surface area contributed by atoms with E-state index in [-0.39, 0.29) is 18.9 Å². The van der Waals surface area contributed by atoms with Gasteiger partial charge in [0.1, 0.15) is 0 Å². The van der Waals surface area contributed by atoms with Crippen LogP contribution in [0, 0.1) is 0 Å². The number of carbonyl (C=O) groups excluding carboxylic acids is 1. The van der Waals surface area contributed by atoms with E-state index in [4.69, 9.17) is 24.9 Å². The zero-order valence-electron chi connectivity index (χ0n) is 17.0. The monoisotopic (exact) mass is 440 g/mol. The molecule has 0 bridgehead atoms. The number of rotatable bonds is 9. The summed E-state index contributed by atoms with van der Waals surface area (Å²) < 4.78 is 16.7. The summed E-state index contributed by atoms with van der Waals surface area (Å²) in [6, 6.07) is 10.8. The molecular weight excluding hydrogens is 420 g/mol. The van der Waals surface area contributed by atoms with Gasteiger partial charge in [0.05, 0.1) is 19.0 Å². The molecule has 160 valence electrons. The highest BCUT2D eigenvalue weighted by atomic mass is 35.5. The van der Waals surface area contributed by atoms with Crippen molar-refractivity contribution in [1.29, 1.82) is 0 Å². The minimum Gasteiger partial charge on any atom is -0.459 e. The summed E-state index contributed by atoms with van der Waals surface area (Å²) >= 11 is 5.92. The van der Waals surface area contributed by atoms with Gasteiger partial charge in [0, 0.05) is 30.0 Å². The molecule has 3 heterocycles. The number of nitrogens with zero attached hydrogens (tertiary/aromatic N) is 4. The number of halogens is 1. The molecule has 0 spiro atoms. The largest absolute Gasteiger partial charge is 0.459 e. The molecule has 0 saturated heterocycles. The van der Waals surface area contributed by atoms with E-state index in [1.165, 1.54) is 6.26 Å². The van der Waals surface area contributed by atoms with Crippen molar-refractivity contribution in [1.82, 2.24) is 20.1 Å². The Hall–Kier alpha value is -3.39. The number of carbonyl (C=O) groups is 1. The molecular formula is C22H21ClN4O4. The van der Waals surface area contributed by atoms with Crippen molar-refractivity contribution in [3.8, 4) is 23.0 Å². The number of aryl methyl sites for hydroxylation is 1. The van der Waals surface area contributed by atoms with Gasteiger partial charge in [-0.25, -0.2) is 4.98 Å². The first-order chi connectivity index (χ1) is 15.1. The molecule has 0 unspecified atom stereocenters. The van der Waals surface area contributed by atoms with Crippen molar-refractivity contribution >= 4 is 17.5 Å². The maximum atomic E-state index is 12.8. The first kappa shape index (κ1) is 20.9. The SMILES string of the molecule is CCCN(Cc1nnc(-c2ccco2)o1)C(=O)CCc1ncc(-c2ccc(Cl)cc2)o1. The van der Waals surface area contributed by atoms with Crippen LogP contribution in [-0.4, -0.2) is 32.5 Å². The average molecular weight is 441 g/mol. The maximum Gasteiger partial charge on any atom is 0.283 e. The van der Waals surface area contributed by atoms with Crippen molar-refractivity contribution in [3.63, 3.8) is 0 Å². The molecule has 8 nitrogen and oxygen atoms in total. The molecule has 0 saturated carbocycles. The van der Waals surface area contributed by atoms with E-state index in [1.54, 1.807) is 35.4 Å². The van der Waals surface area contributed by atoms with Crippen LogP contribution in [0.1, 0.15) is 31.5 Å². The highest BCUT2D eigenvalue weighted by Crippen LogP contribution is 2.23. The van der Waals surface area contributed by atoms with Crippen LogP contribution >= 0.6 is 11.6 Å². The number of amides is 1. The predicted octanol–water partition coefficient (Wildman–Crippen LogP) is 5.01. The lowest BCUT2D eigenvalue weighted by molar-refractivity contribution is -0.132. The Labute approximate surface area is 183 Å². The van der Waals surface area contributed by atoms with E-state index >= 15 is 0 Å². The van der Waals surface area contributed by atoms with E-state index in [1.807, 2.05) is 19.1 Å². The maximum absolute atomic E-state index is 12.8. The van der Waals surface area contributed by atoms with Gasteiger partial charge in [0.25, 0.3) is 5.89 Å². The normalized spacial score (nSPS) is 11.0. The number of hydrogen-bond donors (Lipinski definition) is 0. The molecule has 0 atom stereocenters. The van der Waals surface area contributed by atoms with Gasteiger partial charge in [-0.2, -0.15) is 0 Å². The van der Waals surface area contributed by atoms with Crippen molar-refractivity contribution in [3.05, 3.63) is 65.7 Å². The van der Waals surface area contributed by atoms with Crippen LogP contribution in [0.4, 0.5) is 0 Å². The van der Waals surface area contributed by atoms with Crippen LogP contribution in [0.5, 0.6) is 0 Å². The Morgan fingerprint density at radius 2 is 1.90 bits per heavy atom. The van der Waals surface area contributed by atoms with Gasteiger partial charge in [-0.3, -0.25) is 4.79 Å². The van der Waals surface area contributed by atoms with E-state index in [0.717, 1.165) is 12.0 Å². The molecule has 0 N–H and O–H groups in total. The molecule has 0 aliphatic rings. The quantitative estimate of drug-likeness (QED) is 0.360. The van der Waals surface area contributed by atoms with E-state index < -0.39 is 0 Å². The number of furan rings is 1. The molecule has 1 amide bonds. The van der Waals surface area contributed by atoms with E-state index in [9.17, 15) is 4.79 Å². The third-order valence-corrected chi connectivity index (χ3v) is 4.86. The highest BCUT2D eigenvalue weighted by Gasteiger charge is 2.19. The van der Waals surface area contributed by atoms with Crippen LogP contribution in [-0.2, 0) is 17.8 Å². The lowest BCUT2D eigenvalue weighted by atomic mass is 10.2. The number of benzene rings is 1. The third-order valence-electron chi connectivity index (χ3n) is 4.61. The number of oxazole rings is 1. The molecule has 0 radical (unpaired) electrons. The summed E-state index contributed by atoms with van der Waals surface area (Å²) in [6.07, 6.45) is 4.66. The second-order valence-corrected chi connectivity index (χ2v) is 7.36. The van der Waals surface area contributed by atoms with Crippen LogP contribution in [0.2, 0.25) is 5.02 Å². The molecule has 31 heavy (non-hydrogen) atoms. The Morgan fingerprint density at radius 1 is 1.06 bits per heavy atom. The fourth-order valence-corrected chi connectivity index (χ4v) is 3.21. The third kappa shape index (κ3) is 5.21. The first-order valence-corrected chi connectivity index (χ1v) is 10.3. The number of hydrogen-bond acceptors (Lipinski definition) is 7. The predicted molar refractivity (Wildman–Crippen MR) is 113 cm³/mol. The fourth-order valence-electron chi connectivity index (χ4n) is 3.09. The van der Waals surface area contributed by atoms with Crippen molar-refractivity contribution in [2.24, 2.45) is 0 Å². The van der Waals surface area contributed by atoms with Gasteiger partial charge in [-0.05, 0) is 42.8 Å². The van der Waals surface area contributed by atoms with E-state index in [0.29, 0.717) is 47.2 Å². The van der Waals surface area contributed by atoms with Gasteiger partial charge in [0.2, 0.25) is 11.8 Å². The molecule has 0 fully saturated rings. The summed E-state index contributed by atoms with van der Waals surface area (Å²) in [6.45, 7) is 2.83. The Balaban J connectivity index is 1.36. The molecule has 4 rings (SSSR count). The topological polar surface area (TPSA) is 98.4 Å². The van der Waals surface area contributed by atoms with Crippen LogP contribution in [0.3, 0.4) is 0 Å². The lowest BCUT2D eigenvalue weighted by Gasteiger charge is -2.19. The molecule has 0 aliphatic heterocycles. The molecule has 1 aromatic carbocycles. The minimum absolute atomic E-state index is 0.0363. The summed E-state index contributed by atoms with van der Waals surface area (Å²) in [4.78, 5) is 18.8. The summed E-state index contributed by atoms with van der Waals surface area (Å²) in [7, 11) is 0. The average Bonchev–Trinajstić information content (AvgIpc) is 3.53. The minimum atomic E-state index is -0.0363. The van der Waals surface area contributed by atoms with Gasteiger partial charge in [-0.1, -0.05) is 18.5 Å². The highest BCUT2D eigenvalue weighted by molar-refractivity contribution is 6.30. The summed E-state index contributed by atoms with van der Waals surface area (Å²) in [5, 5.41) is 8.66. The molecule has 4 aromatic rings. The zero-order valence-corrected chi connectivity index (χ0v) is 17.7. The van der Waals surface area contributed by atoms with Crippen LogP contribution < -0.4 is 0 Å². The smallest absolute Gasteiger partial charge is 0.283 e. The van der Waals surface area contributed by atoms with Crippen molar-refractivity contribution in [2.45, 2.75) is 32.7 Å². The van der Waals surface area contributed by atoms with Gasteiger partial charge >= 0.3 is 0 Å². The zero-order chi connectivity index (χ0) is 21.6. The first-order valence-electron chi connectivity index (χ1n) is 9.97. The molecule has 9 heteroatoms. The van der Waals surface area contributed by atoms with Gasteiger partial charge < -0.3 is 18.2 Å². The Morgan fingerprint density at radius 3 is 2.65 bits per heavy atom. The van der Waals surface area contributed by atoms with Gasteiger partial charge in [0.15, 0.2) is 17.4 Å². The molecule has 0 aliphatic carbocycles. The van der Waals surface area contributed by atoms with Crippen LogP contribution in [0.15, 0.2) is 62.1 Å². The Kier molecular flexibility index (Phi) is 6.47. The second kappa shape index (κ2) is 9.61. The fraction of sp³-hybridized carbons (Fsp3) is 0.273. The van der Waals surface area contributed by atoms with Crippen molar-refractivity contribution < 1.29 is 18.0 Å². The summed E-state index contributed by atoms with van der Waals surface area (Å²) in [5.41, 5.74) is 0.880. The Bertz CT molecular complexity index is 1120. The molecule has 3 aromatic heterocycles.